The minimum Gasteiger partial charge on any atom is -0.361 e. The van der Waals surface area contributed by atoms with Gasteiger partial charge in [0, 0.05) is 24.6 Å². The van der Waals surface area contributed by atoms with Crippen molar-refractivity contribution in [1.82, 2.24) is 10.1 Å². The van der Waals surface area contributed by atoms with E-state index in [0.717, 1.165) is 31.0 Å². The van der Waals surface area contributed by atoms with E-state index in [9.17, 15) is 4.79 Å². The highest BCUT2D eigenvalue weighted by Crippen LogP contribution is 2.24. The Morgan fingerprint density at radius 1 is 1.37 bits per heavy atom. The largest absolute Gasteiger partial charge is 0.361 e. The number of Topliss-reactive ketones (excluding diaryl/α,β-unsaturated/α-hetero) is 1. The molecule has 0 aromatic carbocycles. The van der Waals surface area contributed by atoms with Crippen LogP contribution in [0.3, 0.4) is 0 Å². The Labute approximate surface area is 115 Å². The van der Waals surface area contributed by atoms with Crippen molar-refractivity contribution in [2.24, 2.45) is 0 Å². The van der Waals surface area contributed by atoms with Gasteiger partial charge in [0.1, 0.15) is 11.5 Å². The summed E-state index contributed by atoms with van der Waals surface area (Å²) in [5, 5.41) is 4.02. The standard InChI is InChI=1S/C15H24N2O2/c1-11(18)9-14-7-5-4-6-8-17(14)10-15-12(2)16-19-13(15)3/h14H,4-10H2,1-3H3. The molecule has 2 heterocycles. The van der Waals surface area contributed by atoms with Gasteiger partial charge >= 0.3 is 0 Å². The second-order valence-electron chi connectivity index (χ2n) is 5.68. The summed E-state index contributed by atoms with van der Waals surface area (Å²) in [4.78, 5) is 13.9. The third-order valence-electron chi connectivity index (χ3n) is 4.06. The SMILES string of the molecule is CC(=O)CC1CCCCCN1Cc1c(C)noc1C. The molecule has 0 aliphatic carbocycles. The number of rotatable bonds is 4. The zero-order valence-corrected chi connectivity index (χ0v) is 12.2. The zero-order chi connectivity index (χ0) is 13.8. The van der Waals surface area contributed by atoms with Crippen LogP contribution in [0.1, 0.15) is 56.0 Å². The van der Waals surface area contributed by atoms with Crippen LogP contribution in [0.25, 0.3) is 0 Å². The van der Waals surface area contributed by atoms with Crippen LogP contribution in [0.5, 0.6) is 0 Å². The van der Waals surface area contributed by atoms with Crippen molar-refractivity contribution < 1.29 is 9.32 Å². The molecular formula is C15H24N2O2. The van der Waals surface area contributed by atoms with E-state index in [2.05, 4.69) is 10.1 Å². The van der Waals surface area contributed by atoms with Crippen molar-refractivity contribution in [3.05, 3.63) is 17.0 Å². The summed E-state index contributed by atoms with van der Waals surface area (Å²) in [7, 11) is 0. The molecule has 1 aliphatic heterocycles. The van der Waals surface area contributed by atoms with Gasteiger partial charge in [0.15, 0.2) is 0 Å². The Morgan fingerprint density at radius 3 is 2.79 bits per heavy atom. The van der Waals surface area contributed by atoms with Crippen molar-refractivity contribution in [3.8, 4) is 0 Å². The van der Waals surface area contributed by atoms with Crippen molar-refractivity contribution in [2.75, 3.05) is 6.54 Å². The molecule has 1 aromatic rings. The van der Waals surface area contributed by atoms with Gasteiger partial charge in [-0.05, 0) is 40.2 Å². The first-order valence-corrected chi connectivity index (χ1v) is 7.23. The molecule has 0 amide bonds. The van der Waals surface area contributed by atoms with Crippen LogP contribution in [-0.4, -0.2) is 28.4 Å². The van der Waals surface area contributed by atoms with Gasteiger partial charge in [0.2, 0.25) is 0 Å². The van der Waals surface area contributed by atoms with Crippen LogP contribution < -0.4 is 0 Å². The Bertz CT molecular complexity index is 420. The molecule has 2 rings (SSSR count). The minimum absolute atomic E-state index is 0.288. The average molecular weight is 264 g/mol. The molecular weight excluding hydrogens is 240 g/mol. The number of likely N-dealkylation sites (tertiary alicyclic amines) is 1. The van der Waals surface area contributed by atoms with Crippen molar-refractivity contribution >= 4 is 5.78 Å². The third kappa shape index (κ3) is 3.66. The van der Waals surface area contributed by atoms with Crippen LogP contribution in [0.4, 0.5) is 0 Å². The number of carbonyl (C=O) groups is 1. The van der Waals surface area contributed by atoms with Crippen molar-refractivity contribution in [1.29, 1.82) is 0 Å². The van der Waals surface area contributed by atoms with Gasteiger partial charge in [-0.1, -0.05) is 18.0 Å². The second kappa shape index (κ2) is 6.33. The lowest BCUT2D eigenvalue weighted by Crippen LogP contribution is -2.35. The fourth-order valence-corrected chi connectivity index (χ4v) is 2.94. The molecule has 0 saturated carbocycles. The molecule has 106 valence electrons. The smallest absolute Gasteiger partial charge is 0.138 e. The van der Waals surface area contributed by atoms with Crippen LogP contribution in [0, 0.1) is 13.8 Å². The van der Waals surface area contributed by atoms with E-state index in [1.807, 2.05) is 13.8 Å². The van der Waals surface area contributed by atoms with Crippen LogP contribution in [0.15, 0.2) is 4.52 Å². The first-order chi connectivity index (χ1) is 9.08. The molecule has 1 aromatic heterocycles. The summed E-state index contributed by atoms with van der Waals surface area (Å²) in [6.07, 6.45) is 5.52. The highest BCUT2D eigenvalue weighted by atomic mass is 16.5. The van der Waals surface area contributed by atoms with Gasteiger partial charge in [0.25, 0.3) is 0 Å². The number of ketones is 1. The number of aromatic nitrogens is 1. The van der Waals surface area contributed by atoms with Crippen LogP contribution in [-0.2, 0) is 11.3 Å². The van der Waals surface area contributed by atoms with E-state index in [0.29, 0.717) is 12.5 Å². The first-order valence-electron chi connectivity index (χ1n) is 7.23. The summed E-state index contributed by atoms with van der Waals surface area (Å²) in [5.74, 6) is 1.19. The summed E-state index contributed by atoms with van der Waals surface area (Å²) in [5.41, 5.74) is 2.17. The maximum atomic E-state index is 11.4. The molecule has 0 N–H and O–H groups in total. The molecule has 1 unspecified atom stereocenters. The predicted octanol–water partition coefficient (Wildman–Crippen LogP) is 3.02. The van der Waals surface area contributed by atoms with Gasteiger partial charge in [0.05, 0.1) is 5.69 Å². The summed E-state index contributed by atoms with van der Waals surface area (Å²) in [6, 6.07) is 0.383. The number of hydrogen-bond acceptors (Lipinski definition) is 4. The molecule has 19 heavy (non-hydrogen) atoms. The molecule has 1 atom stereocenters. The van der Waals surface area contributed by atoms with Crippen LogP contribution >= 0.6 is 0 Å². The number of carbonyl (C=O) groups excluding carboxylic acids is 1. The number of aryl methyl sites for hydroxylation is 2. The zero-order valence-electron chi connectivity index (χ0n) is 12.2. The molecule has 0 spiro atoms. The fourth-order valence-electron chi connectivity index (χ4n) is 2.94. The van der Waals surface area contributed by atoms with Gasteiger partial charge in [-0.15, -0.1) is 0 Å². The van der Waals surface area contributed by atoms with E-state index in [1.165, 1.54) is 24.8 Å². The lowest BCUT2D eigenvalue weighted by atomic mass is 10.0. The van der Waals surface area contributed by atoms with E-state index in [-0.39, 0.29) is 5.78 Å². The quantitative estimate of drug-likeness (QED) is 0.838. The minimum atomic E-state index is 0.288. The Hall–Kier alpha value is -1.16. The number of hydrogen-bond donors (Lipinski definition) is 0. The Morgan fingerprint density at radius 2 is 2.16 bits per heavy atom. The summed E-state index contributed by atoms with van der Waals surface area (Å²) < 4.78 is 5.24. The second-order valence-corrected chi connectivity index (χ2v) is 5.68. The summed E-state index contributed by atoms with van der Waals surface area (Å²) in [6.45, 7) is 7.58. The molecule has 1 saturated heterocycles. The van der Waals surface area contributed by atoms with E-state index in [1.54, 1.807) is 6.92 Å². The maximum absolute atomic E-state index is 11.4. The monoisotopic (exact) mass is 264 g/mol. The lowest BCUT2D eigenvalue weighted by molar-refractivity contribution is -0.118. The maximum Gasteiger partial charge on any atom is 0.138 e. The average Bonchev–Trinajstić information content (AvgIpc) is 2.55. The molecule has 0 radical (unpaired) electrons. The molecule has 4 nitrogen and oxygen atoms in total. The summed E-state index contributed by atoms with van der Waals surface area (Å²) >= 11 is 0. The third-order valence-corrected chi connectivity index (χ3v) is 4.06. The predicted molar refractivity (Wildman–Crippen MR) is 73.9 cm³/mol. The molecule has 4 heteroatoms. The van der Waals surface area contributed by atoms with Gasteiger partial charge in [-0.25, -0.2) is 0 Å². The van der Waals surface area contributed by atoms with Gasteiger partial charge in [-0.3, -0.25) is 9.69 Å². The van der Waals surface area contributed by atoms with Crippen LogP contribution in [0.2, 0.25) is 0 Å². The van der Waals surface area contributed by atoms with Crippen molar-refractivity contribution in [2.45, 2.75) is 65.5 Å². The lowest BCUT2D eigenvalue weighted by Gasteiger charge is -2.29. The highest BCUT2D eigenvalue weighted by molar-refractivity contribution is 5.76. The van der Waals surface area contributed by atoms with Crippen molar-refractivity contribution in [3.63, 3.8) is 0 Å². The molecule has 1 aliphatic rings. The Balaban J connectivity index is 2.11. The van der Waals surface area contributed by atoms with E-state index < -0.39 is 0 Å². The van der Waals surface area contributed by atoms with E-state index in [4.69, 9.17) is 4.52 Å². The first kappa shape index (κ1) is 14.3. The van der Waals surface area contributed by atoms with E-state index >= 15 is 0 Å². The highest BCUT2D eigenvalue weighted by Gasteiger charge is 2.24. The number of nitrogens with zero attached hydrogens (tertiary/aromatic N) is 2. The Kier molecular flexibility index (Phi) is 4.75. The molecule has 0 bridgehead atoms. The van der Waals surface area contributed by atoms with Gasteiger partial charge in [-0.2, -0.15) is 0 Å². The molecule has 1 fully saturated rings. The fraction of sp³-hybridized carbons (Fsp3) is 0.733. The normalized spacial score (nSPS) is 21.3. The van der Waals surface area contributed by atoms with Gasteiger partial charge < -0.3 is 4.52 Å². The topological polar surface area (TPSA) is 46.3 Å².